The minimum Gasteiger partial charge on any atom is -0.486 e. The first-order chi connectivity index (χ1) is 10.1. The maximum absolute atomic E-state index is 13.0. The van der Waals surface area contributed by atoms with Gasteiger partial charge in [0.2, 0.25) is 10.0 Å². The first-order valence-electron chi connectivity index (χ1n) is 7.19. The number of ether oxygens (including phenoxy) is 2. The predicted octanol–water partition coefficient (Wildman–Crippen LogP) is 1.25. The number of benzene rings is 1. The monoisotopic (exact) mass is 348 g/mol. The van der Waals surface area contributed by atoms with Crippen LogP contribution < -0.4 is 14.8 Å². The number of hydrogen-bond acceptors (Lipinski definition) is 5. The quantitative estimate of drug-likeness (QED) is 0.887. The lowest BCUT2D eigenvalue weighted by Gasteiger charge is -2.26. The van der Waals surface area contributed by atoms with Crippen molar-refractivity contribution in [3.63, 3.8) is 0 Å². The molecule has 0 radical (unpaired) electrons. The van der Waals surface area contributed by atoms with Crippen LogP contribution in [-0.4, -0.2) is 52.1 Å². The van der Waals surface area contributed by atoms with Gasteiger partial charge in [-0.15, -0.1) is 12.4 Å². The summed E-state index contributed by atoms with van der Waals surface area (Å²) in [5.41, 5.74) is 0. The maximum Gasteiger partial charge on any atom is 0.247 e. The van der Waals surface area contributed by atoms with Gasteiger partial charge in [-0.3, -0.25) is 0 Å². The van der Waals surface area contributed by atoms with E-state index in [9.17, 15) is 8.42 Å². The van der Waals surface area contributed by atoms with Crippen molar-refractivity contribution >= 4 is 22.4 Å². The number of nitrogens with zero attached hydrogens (tertiary/aromatic N) is 1. The molecule has 0 aliphatic carbocycles. The molecule has 1 aromatic rings. The van der Waals surface area contributed by atoms with Crippen LogP contribution in [-0.2, 0) is 10.0 Å². The van der Waals surface area contributed by atoms with Gasteiger partial charge in [-0.2, -0.15) is 4.31 Å². The maximum atomic E-state index is 13.0. The van der Waals surface area contributed by atoms with Crippen LogP contribution in [0.3, 0.4) is 0 Å². The minimum atomic E-state index is -3.56. The molecule has 1 fully saturated rings. The second-order valence-corrected chi connectivity index (χ2v) is 7.11. The van der Waals surface area contributed by atoms with E-state index < -0.39 is 10.0 Å². The minimum absolute atomic E-state index is 0. The summed E-state index contributed by atoms with van der Waals surface area (Å²) in [6.45, 7) is 2.03. The van der Waals surface area contributed by atoms with Crippen LogP contribution in [0.1, 0.15) is 12.8 Å². The Morgan fingerprint density at radius 1 is 1.32 bits per heavy atom. The highest BCUT2D eigenvalue weighted by Crippen LogP contribution is 2.39. The summed E-state index contributed by atoms with van der Waals surface area (Å²) in [5.74, 6) is 0.852. The van der Waals surface area contributed by atoms with E-state index in [-0.39, 0.29) is 23.3 Å². The normalized spacial score (nSPS) is 21.4. The number of nitrogens with one attached hydrogen (secondary N) is 1. The van der Waals surface area contributed by atoms with Gasteiger partial charge < -0.3 is 14.8 Å². The fourth-order valence-electron chi connectivity index (χ4n) is 2.94. The van der Waals surface area contributed by atoms with Crippen LogP contribution in [0.5, 0.6) is 11.5 Å². The molecular formula is C14H21ClN2O4S. The number of para-hydroxylation sites is 1. The third kappa shape index (κ3) is 3.03. The first-order valence-corrected chi connectivity index (χ1v) is 8.63. The second-order valence-electron chi connectivity index (χ2n) is 5.25. The summed E-state index contributed by atoms with van der Waals surface area (Å²) in [5, 5.41) is 3.06. The molecule has 1 aromatic carbocycles. The van der Waals surface area contributed by atoms with Crippen molar-refractivity contribution in [3.8, 4) is 11.5 Å². The Hall–Kier alpha value is -1.02. The van der Waals surface area contributed by atoms with Gasteiger partial charge in [0.15, 0.2) is 11.5 Å². The van der Waals surface area contributed by atoms with Gasteiger partial charge in [0.25, 0.3) is 0 Å². The van der Waals surface area contributed by atoms with Gasteiger partial charge in [-0.25, -0.2) is 8.42 Å². The Morgan fingerprint density at radius 3 is 2.86 bits per heavy atom. The van der Waals surface area contributed by atoms with Crippen LogP contribution in [0.15, 0.2) is 23.1 Å². The molecule has 1 N–H and O–H groups in total. The van der Waals surface area contributed by atoms with E-state index in [1.165, 1.54) is 0 Å². The topological polar surface area (TPSA) is 67.9 Å². The molecule has 1 unspecified atom stereocenters. The van der Waals surface area contributed by atoms with Gasteiger partial charge in [0.1, 0.15) is 18.1 Å². The molecule has 0 spiro atoms. The molecule has 0 aromatic heterocycles. The summed E-state index contributed by atoms with van der Waals surface area (Å²) in [4.78, 5) is 0.211. The van der Waals surface area contributed by atoms with E-state index >= 15 is 0 Å². The number of hydrogen-bond donors (Lipinski definition) is 1. The van der Waals surface area contributed by atoms with Crippen molar-refractivity contribution < 1.29 is 17.9 Å². The highest BCUT2D eigenvalue weighted by molar-refractivity contribution is 7.89. The van der Waals surface area contributed by atoms with E-state index in [0.29, 0.717) is 37.8 Å². The van der Waals surface area contributed by atoms with Crippen molar-refractivity contribution in [2.75, 3.05) is 33.4 Å². The smallest absolute Gasteiger partial charge is 0.247 e. The van der Waals surface area contributed by atoms with Gasteiger partial charge in [0, 0.05) is 19.1 Å². The third-order valence-corrected chi connectivity index (χ3v) is 5.86. The molecule has 0 amide bonds. The molecule has 0 bridgehead atoms. The lowest BCUT2D eigenvalue weighted by molar-refractivity contribution is 0.166. The van der Waals surface area contributed by atoms with Crippen LogP contribution in [0, 0.1) is 0 Å². The Labute approximate surface area is 137 Å². The van der Waals surface area contributed by atoms with Crippen molar-refractivity contribution in [2.45, 2.75) is 23.8 Å². The number of rotatable bonds is 4. The van der Waals surface area contributed by atoms with Gasteiger partial charge in [-0.1, -0.05) is 6.07 Å². The standard InChI is InChI=1S/C14H20N2O4S.ClH/c1-15-10-11-4-3-7-16(11)21(17,18)13-6-2-5-12-14(13)20-9-8-19-12;/h2,5-6,11,15H,3-4,7-10H2,1H3;1H. The summed E-state index contributed by atoms with van der Waals surface area (Å²) in [6, 6.07) is 5.03. The van der Waals surface area contributed by atoms with Crippen LogP contribution in [0.2, 0.25) is 0 Å². The largest absolute Gasteiger partial charge is 0.486 e. The molecule has 124 valence electrons. The van der Waals surface area contributed by atoms with E-state index in [1.807, 2.05) is 7.05 Å². The number of likely N-dealkylation sites (N-methyl/N-ethyl adjacent to an activating group) is 1. The van der Waals surface area contributed by atoms with Crippen molar-refractivity contribution in [3.05, 3.63) is 18.2 Å². The molecule has 2 heterocycles. The zero-order chi connectivity index (χ0) is 14.9. The zero-order valence-corrected chi connectivity index (χ0v) is 14.1. The molecule has 2 aliphatic rings. The average molecular weight is 349 g/mol. The molecule has 22 heavy (non-hydrogen) atoms. The molecule has 3 rings (SSSR count). The number of fused-ring (bicyclic) bond motifs is 1. The van der Waals surface area contributed by atoms with Crippen LogP contribution >= 0.6 is 12.4 Å². The van der Waals surface area contributed by atoms with Gasteiger partial charge in [-0.05, 0) is 32.0 Å². The number of halogens is 1. The van der Waals surface area contributed by atoms with E-state index in [0.717, 1.165) is 12.8 Å². The number of sulfonamides is 1. The lowest BCUT2D eigenvalue weighted by Crippen LogP contribution is -2.41. The Bertz CT molecular complexity index is 623. The lowest BCUT2D eigenvalue weighted by atomic mass is 10.2. The first kappa shape index (κ1) is 17.3. The zero-order valence-electron chi connectivity index (χ0n) is 12.4. The highest BCUT2D eigenvalue weighted by Gasteiger charge is 2.37. The highest BCUT2D eigenvalue weighted by atomic mass is 35.5. The Kier molecular flexibility index (Phi) is 5.55. The molecule has 0 saturated carbocycles. The van der Waals surface area contributed by atoms with E-state index in [4.69, 9.17) is 9.47 Å². The van der Waals surface area contributed by atoms with Crippen LogP contribution in [0.4, 0.5) is 0 Å². The van der Waals surface area contributed by atoms with Crippen molar-refractivity contribution in [1.29, 1.82) is 0 Å². The van der Waals surface area contributed by atoms with E-state index in [2.05, 4.69) is 5.32 Å². The fourth-order valence-corrected chi connectivity index (χ4v) is 4.78. The SMILES string of the molecule is CNCC1CCCN1S(=O)(=O)c1cccc2c1OCCO2.Cl. The summed E-state index contributed by atoms with van der Waals surface area (Å²) < 4.78 is 38.5. The molecule has 6 nitrogen and oxygen atoms in total. The van der Waals surface area contributed by atoms with Crippen molar-refractivity contribution in [1.82, 2.24) is 9.62 Å². The second kappa shape index (κ2) is 7.04. The molecule has 2 aliphatic heterocycles. The summed E-state index contributed by atoms with van der Waals surface area (Å²) in [7, 11) is -1.73. The molecule has 1 saturated heterocycles. The van der Waals surface area contributed by atoms with Crippen LogP contribution in [0.25, 0.3) is 0 Å². The van der Waals surface area contributed by atoms with Crippen molar-refractivity contribution in [2.24, 2.45) is 0 Å². The summed E-state index contributed by atoms with van der Waals surface area (Å²) in [6.07, 6.45) is 1.77. The fraction of sp³-hybridized carbons (Fsp3) is 0.571. The molecular weight excluding hydrogens is 328 g/mol. The third-order valence-electron chi connectivity index (χ3n) is 3.88. The average Bonchev–Trinajstić information content (AvgIpc) is 2.96. The molecule has 1 atom stereocenters. The predicted molar refractivity (Wildman–Crippen MR) is 85.5 cm³/mol. The van der Waals surface area contributed by atoms with Gasteiger partial charge >= 0.3 is 0 Å². The van der Waals surface area contributed by atoms with Gasteiger partial charge in [0.05, 0.1) is 0 Å². The Morgan fingerprint density at radius 2 is 2.09 bits per heavy atom. The molecule has 8 heteroatoms. The summed E-state index contributed by atoms with van der Waals surface area (Å²) >= 11 is 0. The Balaban J connectivity index is 0.00000176. The van der Waals surface area contributed by atoms with E-state index in [1.54, 1.807) is 22.5 Å².